The van der Waals surface area contributed by atoms with Crippen molar-refractivity contribution in [1.82, 2.24) is 4.22 Å². The Labute approximate surface area is 63.8 Å². The maximum atomic E-state index is 8.45. The van der Waals surface area contributed by atoms with Crippen molar-refractivity contribution in [2.24, 2.45) is 0 Å². The molecule has 0 saturated heterocycles. The van der Waals surface area contributed by atoms with Gasteiger partial charge in [-0.3, -0.25) is 0 Å². The molecular formula is C6H13NOZn. The third-order valence-electron chi connectivity index (χ3n) is 2.10. The molecule has 0 aromatic carbocycles. The molecule has 1 aliphatic rings. The maximum absolute atomic E-state index is 8.45. The minimum atomic E-state index is -0.707. The zero-order chi connectivity index (χ0) is 6.53. The molecular weight excluding hydrogens is 167 g/mol. The molecule has 0 unspecified atom stereocenters. The molecule has 1 fully saturated rings. The van der Waals surface area contributed by atoms with Crippen LogP contribution < -0.4 is 4.22 Å². The fraction of sp³-hybridized carbons (Fsp3) is 1.00. The second-order valence-electron chi connectivity index (χ2n) is 2.87. The van der Waals surface area contributed by atoms with Crippen LogP contribution in [0.1, 0.15) is 32.1 Å². The summed E-state index contributed by atoms with van der Waals surface area (Å²) < 4.78 is 3.35. The van der Waals surface area contributed by atoms with Crippen molar-refractivity contribution in [3.05, 3.63) is 0 Å². The summed E-state index contributed by atoms with van der Waals surface area (Å²) in [6, 6.07) is 0. The summed E-state index contributed by atoms with van der Waals surface area (Å²) in [4.78, 5) is 0. The average Bonchev–Trinajstić information content (AvgIpc) is 1.91. The summed E-state index contributed by atoms with van der Waals surface area (Å²) in [5.74, 6) is 0. The third kappa shape index (κ3) is 2.75. The van der Waals surface area contributed by atoms with Crippen LogP contribution in [0.15, 0.2) is 0 Å². The van der Waals surface area contributed by atoms with Gasteiger partial charge in [-0.05, 0) is 0 Å². The van der Waals surface area contributed by atoms with Crippen molar-refractivity contribution in [3.63, 3.8) is 0 Å². The van der Waals surface area contributed by atoms with Gasteiger partial charge in [-0.15, -0.1) is 0 Å². The van der Waals surface area contributed by atoms with Gasteiger partial charge in [0, 0.05) is 0 Å². The second kappa shape index (κ2) is 4.37. The van der Waals surface area contributed by atoms with Gasteiger partial charge in [0.1, 0.15) is 0 Å². The Bertz CT molecular complexity index is 70.7. The van der Waals surface area contributed by atoms with E-state index >= 15 is 0 Å². The molecule has 0 amide bonds. The van der Waals surface area contributed by atoms with Gasteiger partial charge in [0.25, 0.3) is 0 Å². The molecule has 2 N–H and O–H groups in total. The van der Waals surface area contributed by atoms with Crippen LogP contribution in [-0.4, -0.2) is 5.21 Å². The topological polar surface area (TPSA) is 32.3 Å². The number of hydrogen-bond acceptors (Lipinski definition) is 2. The summed E-state index contributed by atoms with van der Waals surface area (Å²) in [6.07, 6.45) is 6.99. The predicted octanol–water partition coefficient (Wildman–Crippen LogP) is 1.72. The van der Waals surface area contributed by atoms with E-state index in [1.165, 1.54) is 32.1 Å². The average molecular weight is 181 g/mol. The second-order valence-corrected chi connectivity index (χ2v) is 6.81. The van der Waals surface area contributed by atoms with E-state index in [4.69, 9.17) is 5.21 Å². The molecule has 50 valence electrons. The standard InChI is InChI=1S/C6H11.H2NO.Zn/c1-2-4-6-5-3-1;1-2;/h1H,2-6H2;1-2H;/q;-1;+1. The first-order valence-corrected chi connectivity index (χ1v) is 7.00. The molecule has 2 nitrogen and oxygen atoms in total. The van der Waals surface area contributed by atoms with Gasteiger partial charge in [-0.2, -0.15) is 0 Å². The van der Waals surface area contributed by atoms with Gasteiger partial charge in [-0.1, -0.05) is 0 Å². The van der Waals surface area contributed by atoms with Crippen molar-refractivity contribution in [1.29, 1.82) is 0 Å². The fourth-order valence-electron chi connectivity index (χ4n) is 1.52. The Hall–Kier alpha value is 0.543. The predicted molar refractivity (Wildman–Crippen MR) is 31.8 cm³/mol. The van der Waals surface area contributed by atoms with E-state index in [9.17, 15) is 0 Å². The molecule has 1 rings (SSSR count). The summed E-state index contributed by atoms with van der Waals surface area (Å²) in [7, 11) is 0. The summed E-state index contributed by atoms with van der Waals surface area (Å²) in [5.41, 5.74) is 0. The number of nitrogens with one attached hydrogen (secondary N) is 1. The number of hydrogen-bond donors (Lipinski definition) is 2. The van der Waals surface area contributed by atoms with E-state index in [-0.39, 0.29) is 0 Å². The van der Waals surface area contributed by atoms with Gasteiger partial charge in [0.05, 0.1) is 0 Å². The van der Waals surface area contributed by atoms with Crippen molar-refractivity contribution < 1.29 is 22.6 Å². The molecule has 3 heteroatoms. The Morgan fingerprint density at radius 1 is 1.22 bits per heavy atom. The first-order chi connectivity index (χ1) is 4.43. The summed E-state index contributed by atoms with van der Waals surface area (Å²) in [6.45, 7) is 0. The van der Waals surface area contributed by atoms with Gasteiger partial charge in [0.2, 0.25) is 0 Å². The van der Waals surface area contributed by atoms with Crippen LogP contribution in [0.25, 0.3) is 0 Å². The van der Waals surface area contributed by atoms with Crippen LogP contribution >= 0.6 is 0 Å². The van der Waals surface area contributed by atoms with Crippen LogP contribution in [0.4, 0.5) is 0 Å². The molecule has 0 spiro atoms. The number of rotatable bonds is 2. The van der Waals surface area contributed by atoms with Crippen LogP contribution in [0.5, 0.6) is 0 Å². The molecule has 0 radical (unpaired) electrons. The van der Waals surface area contributed by atoms with Crippen LogP contribution in [0, 0.1) is 0 Å². The zero-order valence-electron chi connectivity index (χ0n) is 5.77. The van der Waals surface area contributed by atoms with E-state index in [1.54, 1.807) is 0 Å². The Morgan fingerprint density at radius 3 is 2.44 bits per heavy atom. The third-order valence-corrected chi connectivity index (χ3v) is 5.41. The molecule has 0 atom stereocenters. The van der Waals surface area contributed by atoms with Crippen molar-refractivity contribution in [2.45, 2.75) is 36.6 Å². The normalized spacial score (nSPS) is 21.4. The van der Waals surface area contributed by atoms with Crippen molar-refractivity contribution >= 4 is 0 Å². The van der Waals surface area contributed by atoms with Gasteiger partial charge >= 0.3 is 63.4 Å². The van der Waals surface area contributed by atoms with E-state index in [2.05, 4.69) is 4.22 Å². The summed E-state index contributed by atoms with van der Waals surface area (Å²) in [5, 5.41) is 8.45. The molecule has 9 heavy (non-hydrogen) atoms. The first kappa shape index (κ1) is 7.65. The van der Waals surface area contributed by atoms with Crippen LogP contribution in [0.3, 0.4) is 0 Å². The van der Waals surface area contributed by atoms with Gasteiger partial charge < -0.3 is 0 Å². The Balaban J connectivity index is 2.08. The molecule has 0 bridgehead atoms. The molecule has 0 aromatic rings. The Kier molecular flexibility index (Phi) is 3.72. The molecule has 1 aliphatic carbocycles. The van der Waals surface area contributed by atoms with Crippen molar-refractivity contribution in [2.75, 3.05) is 0 Å². The van der Waals surface area contributed by atoms with Crippen LogP contribution in [0.2, 0.25) is 4.51 Å². The first-order valence-electron chi connectivity index (χ1n) is 3.80. The van der Waals surface area contributed by atoms with E-state index in [0.717, 1.165) is 4.51 Å². The van der Waals surface area contributed by atoms with Gasteiger partial charge in [-0.25, -0.2) is 0 Å². The molecule has 1 saturated carbocycles. The van der Waals surface area contributed by atoms with E-state index in [0.29, 0.717) is 0 Å². The molecule has 0 aromatic heterocycles. The van der Waals surface area contributed by atoms with E-state index < -0.39 is 17.4 Å². The minimum absolute atomic E-state index is 0.707. The molecule has 0 aliphatic heterocycles. The fourth-order valence-corrected chi connectivity index (χ4v) is 4.13. The van der Waals surface area contributed by atoms with E-state index in [1.807, 2.05) is 0 Å². The summed E-state index contributed by atoms with van der Waals surface area (Å²) >= 11 is -0.707. The SMILES string of the molecule is O[NH][Zn][CH]1CCCCC1. The monoisotopic (exact) mass is 179 g/mol. The Morgan fingerprint density at radius 2 is 1.89 bits per heavy atom. The van der Waals surface area contributed by atoms with Crippen molar-refractivity contribution in [3.8, 4) is 0 Å². The quantitative estimate of drug-likeness (QED) is 0.501. The van der Waals surface area contributed by atoms with Crippen LogP contribution in [-0.2, 0) is 17.4 Å². The molecule has 0 heterocycles. The zero-order valence-corrected chi connectivity index (χ0v) is 8.73. The van der Waals surface area contributed by atoms with Gasteiger partial charge in [0.15, 0.2) is 0 Å².